The van der Waals surface area contributed by atoms with E-state index in [2.05, 4.69) is 16.0 Å². The molecule has 2 heterocycles. The minimum absolute atomic E-state index is 0.113. The van der Waals surface area contributed by atoms with Crippen LogP contribution >= 0.6 is 11.8 Å². The Bertz CT molecular complexity index is 939. The van der Waals surface area contributed by atoms with Gasteiger partial charge in [-0.1, -0.05) is 30.3 Å². The fourth-order valence-electron chi connectivity index (χ4n) is 2.06. The third kappa shape index (κ3) is 3.24. The fraction of sp³-hybridized carbons (Fsp3) is 0. The molecular formula is C17H10N4O2S. The quantitative estimate of drug-likeness (QED) is 0.527. The molecule has 0 amide bonds. The SMILES string of the molecule is N#Cc1ccc(-c2ccccc2)nc1Sc1ncccc1[N+](=O)[O-]. The molecule has 0 aliphatic carbocycles. The first-order valence-electron chi connectivity index (χ1n) is 6.93. The van der Waals surface area contributed by atoms with Gasteiger partial charge in [0.05, 0.1) is 16.2 Å². The van der Waals surface area contributed by atoms with Gasteiger partial charge in [0, 0.05) is 17.8 Å². The van der Waals surface area contributed by atoms with Crippen LogP contribution in [-0.4, -0.2) is 14.9 Å². The molecule has 3 aromatic rings. The van der Waals surface area contributed by atoms with Crippen molar-refractivity contribution in [3.05, 3.63) is 76.5 Å². The third-order valence-electron chi connectivity index (χ3n) is 3.19. The number of benzene rings is 1. The highest BCUT2D eigenvalue weighted by Gasteiger charge is 2.18. The van der Waals surface area contributed by atoms with Crippen molar-refractivity contribution in [1.82, 2.24) is 9.97 Å². The maximum atomic E-state index is 11.1. The third-order valence-corrected chi connectivity index (χ3v) is 4.20. The van der Waals surface area contributed by atoms with Gasteiger partial charge in [-0.3, -0.25) is 10.1 Å². The van der Waals surface area contributed by atoms with Crippen LogP contribution in [-0.2, 0) is 0 Å². The van der Waals surface area contributed by atoms with Gasteiger partial charge in [-0.15, -0.1) is 0 Å². The Hall–Kier alpha value is -3.24. The van der Waals surface area contributed by atoms with Gasteiger partial charge in [-0.25, -0.2) is 9.97 Å². The van der Waals surface area contributed by atoms with Gasteiger partial charge < -0.3 is 0 Å². The molecular weight excluding hydrogens is 324 g/mol. The van der Waals surface area contributed by atoms with Gasteiger partial charge >= 0.3 is 5.69 Å². The van der Waals surface area contributed by atoms with E-state index < -0.39 is 4.92 Å². The highest BCUT2D eigenvalue weighted by atomic mass is 32.2. The van der Waals surface area contributed by atoms with Crippen molar-refractivity contribution in [1.29, 1.82) is 5.26 Å². The summed E-state index contributed by atoms with van der Waals surface area (Å²) in [6, 6.07) is 17.9. The van der Waals surface area contributed by atoms with Gasteiger partial charge in [0.2, 0.25) is 0 Å². The Balaban J connectivity index is 2.05. The molecule has 7 heteroatoms. The molecule has 3 rings (SSSR count). The molecule has 0 N–H and O–H groups in total. The summed E-state index contributed by atoms with van der Waals surface area (Å²) in [6.45, 7) is 0. The van der Waals surface area contributed by atoms with E-state index in [1.54, 1.807) is 12.1 Å². The average molecular weight is 334 g/mol. The second-order valence-electron chi connectivity index (χ2n) is 4.71. The van der Waals surface area contributed by atoms with Crippen LogP contribution in [0.5, 0.6) is 0 Å². The van der Waals surface area contributed by atoms with E-state index in [1.807, 2.05) is 30.3 Å². The van der Waals surface area contributed by atoms with Crippen molar-refractivity contribution in [2.45, 2.75) is 10.1 Å². The number of rotatable bonds is 4. The summed E-state index contributed by atoms with van der Waals surface area (Å²) in [4.78, 5) is 19.2. The Morgan fingerprint density at radius 2 is 1.83 bits per heavy atom. The molecule has 0 aliphatic heterocycles. The zero-order valence-electron chi connectivity index (χ0n) is 12.3. The lowest BCUT2D eigenvalue weighted by Gasteiger charge is -2.06. The van der Waals surface area contributed by atoms with E-state index in [-0.39, 0.29) is 10.7 Å². The molecule has 0 fully saturated rings. The van der Waals surface area contributed by atoms with Gasteiger partial charge in [0.25, 0.3) is 0 Å². The van der Waals surface area contributed by atoms with E-state index in [0.29, 0.717) is 16.3 Å². The molecule has 0 spiro atoms. The van der Waals surface area contributed by atoms with Crippen LogP contribution in [0, 0.1) is 21.4 Å². The Morgan fingerprint density at radius 3 is 2.54 bits per heavy atom. The summed E-state index contributed by atoms with van der Waals surface area (Å²) in [7, 11) is 0. The fourth-order valence-corrected chi connectivity index (χ4v) is 2.98. The molecule has 0 aliphatic rings. The molecule has 6 nitrogen and oxygen atoms in total. The number of hydrogen-bond donors (Lipinski definition) is 0. The number of nitrogens with zero attached hydrogens (tertiary/aromatic N) is 4. The monoisotopic (exact) mass is 334 g/mol. The highest BCUT2D eigenvalue weighted by molar-refractivity contribution is 7.99. The first kappa shape index (κ1) is 15.6. The van der Waals surface area contributed by atoms with Crippen LogP contribution in [0.2, 0.25) is 0 Å². The molecule has 2 aromatic heterocycles. The van der Waals surface area contributed by atoms with Crippen LogP contribution in [0.25, 0.3) is 11.3 Å². The first-order valence-corrected chi connectivity index (χ1v) is 7.74. The molecule has 0 bridgehead atoms. The maximum Gasteiger partial charge on any atom is 0.301 e. The lowest BCUT2D eigenvalue weighted by molar-refractivity contribution is -0.388. The van der Waals surface area contributed by atoms with E-state index in [1.165, 1.54) is 18.3 Å². The molecule has 116 valence electrons. The smallest absolute Gasteiger partial charge is 0.258 e. The topological polar surface area (TPSA) is 92.7 Å². The summed E-state index contributed by atoms with van der Waals surface area (Å²) >= 11 is 1.02. The molecule has 0 atom stereocenters. The average Bonchev–Trinajstić information content (AvgIpc) is 2.62. The van der Waals surface area contributed by atoms with Crippen molar-refractivity contribution < 1.29 is 4.92 Å². The van der Waals surface area contributed by atoms with Crippen molar-refractivity contribution in [2.24, 2.45) is 0 Å². The Labute approximate surface area is 142 Å². The van der Waals surface area contributed by atoms with Gasteiger partial charge in [0.15, 0.2) is 5.03 Å². The lowest BCUT2D eigenvalue weighted by atomic mass is 10.1. The maximum absolute atomic E-state index is 11.1. The Kier molecular flexibility index (Phi) is 4.50. The minimum atomic E-state index is -0.498. The van der Waals surface area contributed by atoms with Gasteiger partial charge in [0.1, 0.15) is 11.1 Å². The summed E-state index contributed by atoms with van der Waals surface area (Å²) in [5, 5.41) is 21.0. The van der Waals surface area contributed by atoms with Crippen LogP contribution in [0.3, 0.4) is 0 Å². The number of hydrogen-bond acceptors (Lipinski definition) is 6. The van der Waals surface area contributed by atoms with E-state index in [4.69, 9.17) is 0 Å². The molecule has 24 heavy (non-hydrogen) atoms. The zero-order valence-corrected chi connectivity index (χ0v) is 13.1. The lowest BCUT2D eigenvalue weighted by Crippen LogP contribution is -1.95. The predicted octanol–water partition coefficient (Wildman–Crippen LogP) is 4.07. The van der Waals surface area contributed by atoms with E-state index in [0.717, 1.165) is 17.3 Å². The zero-order chi connectivity index (χ0) is 16.9. The largest absolute Gasteiger partial charge is 0.301 e. The van der Waals surface area contributed by atoms with Crippen LogP contribution < -0.4 is 0 Å². The minimum Gasteiger partial charge on any atom is -0.258 e. The first-order chi connectivity index (χ1) is 11.7. The number of aromatic nitrogens is 2. The summed E-state index contributed by atoms with van der Waals surface area (Å²) in [5.41, 5.74) is 1.83. The van der Waals surface area contributed by atoms with E-state index in [9.17, 15) is 15.4 Å². The van der Waals surface area contributed by atoms with Crippen molar-refractivity contribution in [3.8, 4) is 17.3 Å². The van der Waals surface area contributed by atoms with Crippen LogP contribution in [0.4, 0.5) is 5.69 Å². The number of nitro groups is 1. The molecule has 0 saturated carbocycles. The summed E-state index contributed by atoms with van der Waals surface area (Å²) in [6.07, 6.45) is 1.47. The molecule has 1 aromatic carbocycles. The van der Waals surface area contributed by atoms with Gasteiger partial charge in [-0.2, -0.15) is 5.26 Å². The van der Waals surface area contributed by atoms with Crippen molar-refractivity contribution >= 4 is 17.4 Å². The number of pyridine rings is 2. The predicted molar refractivity (Wildman–Crippen MR) is 89.4 cm³/mol. The van der Waals surface area contributed by atoms with Crippen LogP contribution in [0.15, 0.2) is 70.8 Å². The standard InChI is InChI=1S/C17H10N4O2S/c18-11-13-8-9-14(12-5-2-1-3-6-12)20-16(13)24-17-15(21(22)23)7-4-10-19-17/h1-10H. The highest BCUT2D eigenvalue weighted by Crippen LogP contribution is 2.34. The van der Waals surface area contributed by atoms with E-state index >= 15 is 0 Å². The van der Waals surface area contributed by atoms with Crippen molar-refractivity contribution in [2.75, 3.05) is 0 Å². The molecule has 0 saturated heterocycles. The molecule has 0 unspecified atom stereocenters. The van der Waals surface area contributed by atoms with Gasteiger partial charge in [-0.05, 0) is 30.0 Å². The second-order valence-corrected chi connectivity index (χ2v) is 5.69. The van der Waals surface area contributed by atoms with Crippen LogP contribution in [0.1, 0.15) is 5.56 Å². The Morgan fingerprint density at radius 1 is 1.04 bits per heavy atom. The summed E-state index contributed by atoms with van der Waals surface area (Å²) < 4.78 is 0. The van der Waals surface area contributed by atoms with Crippen molar-refractivity contribution in [3.63, 3.8) is 0 Å². The molecule has 0 radical (unpaired) electrons. The normalized spacial score (nSPS) is 10.1. The second kappa shape index (κ2) is 6.89. The number of nitriles is 1. The summed E-state index contributed by atoms with van der Waals surface area (Å²) in [5.74, 6) is 0.